The molecule has 0 saturated heterocycles. The second kappa shape index (κ2) is 6.19. The second-order valence-corrected chi connectivity index (χ2v) is 5.69. The van der Waals surface area contributed by atoms with Crippen molar-refractivity contribution in [2.24, 2.45) is 0 Å². The summed E-state index contributed by atoms with van der Waals surface area (Å²) >= 11 is 3.17. The summed E-state index contributed by atoms with van der Waals surface area (Å²) in [5.41, 5.74) is 3.04. The average Bonchev–Trinajstić information content (AvgIpc) is 3.11. The first-order chi connectivity index (χ1) is 10.6. The predicted octanol–water partition coefficient (Wildman–Crippen LogP) is 3.85. The number of amides is 1. The van der Waals surface area contributed by atoms with Crippen LogP contribution in [0, 0.1) is 6.92 Å². The number of rotatable bonds is 4. The third-order valence-corrected chi connectivity index (χ3v) is 3.71. The van der Waals surface area contributed by atoms with Crippen molar-refractivity contribution in [3.05, 3.63) is 70.3 Å². The van der Waals surface area contributed by atoms with Crippen LogP contribution >= 0.6 is 15.9 Å². The molecule has 5 nitrogen and oxygen atoms in total. The summed E-state index contributed by atoms with van der Waals surface area (Å²) in [4.78, 5) is 12.0. The molecular weight excluding hydrogens is 346 g/mol. The molecular formula is C16H14BrN3O2. The number of aromatic nitrogens is 2. The SMILES string of the molecule is Cc1ccccc1Cn1cc(NC(=O)c2ccc(Br)o2)cn1. The minimum atomic E-state index is -0.304. The van der Waals surface area contributed by atoms with Crippen molar-refractivity contribution in [1.29, 1.82) is 0 Å². The van der Waals surface area contributed by atoms with Crippen molar-refractivity contribution in [1.82, 2.24) is 9.78 Å². The maximum atomic E-state index is 12.0. The normalized spacial score (nSPS) is 10.6. The van der Waals surface area contributed by atoms with Gasteiger partial charge in [-0.3, -0.25) is 9.48 Å². The van der Waals surface area contributed by atoms with Gasteiger partial charge in [-0.05, 0) is 46.1 Å². The van der Waals surface area contributed by atoms with Crippen molar-refractivity contribution < 1.29 is 9.21 Å². The Balaban J connectivity index is 1.69. The summed E-state index contributed by atoms with van der Waals surface area (Å²) in [6.07, 6.45) is 3.41. The van der Waals surface area contributed by atoms with E-state index < -0.39 is 0 Å². The van der Waals surface area contributed by atoms with E-state index in [1.165, 1.54) is 11.1 Å². The number of carbonyl (C=O) groups is 1. The van der Waals surface area contributed by atoms with Crippen LogP contribution in [-0.4, -0.2) is 15.7 Å². The lowest BCUT2D eigenvalue weighted by Crippen LogP contribution is -2.10. The molecule has 3 aromatic rings. The zero-order valence-corrected chi connectivity index (χ0v) is 13.5. The smallest absolute Gasteiger partial charge is 0.291 e. The molecule has 0 saturated carbocycles. The topological polar surface area (TPSA) is 60.1 Å². The van der Waals surface area contributed by atoms with Gasteiger partial charge in [0.15, 0.2) is 10.4 Å². The van der Waals surface area contributed by atoms with E-state index in [4.69, 9.17) is 4.42 Å². The first kappa shape index (κ1) is 14.6. The Labute approximate surface area is 136 Å². The number of anilines is 1. The van der Waals surface area contributed by atoms with Crippen molar-refractivity contribution in [3.8, 4) is 0 Å². The van der Waals surface area contributed by atoms with Gasteiger partial charge in [-0.25, -0.2) is 0 Å². The van der Waals surface area contributed by atoms with E-state index in [9.17, 15) is 4.79 Å². The number of aryl methyl sites for hydroxylation is 1. The number of nitrogens with one attached hydrogen (secondary N) is 1. The lowest BCUT2D eigenvalue weighted by molar-refractivity contribution is 0.0995. The summed E-state index contributed by atoms with van der Waals surface area (Å²) in [6, 6.07) is 11.4. The lowest BCUT2D eigenvalue weighted by atomic mass is 10.1. The van der Waals surface area contributed by atoms with Crippen LogP contribution in [0.15, 0.2) is 57.9 Å². The molecule has 0 spiro atoms. The van der Waals surface area contributed by atoms with Crippen molar-refractivity contribution in [2.45, 2.75) is 13.5 Å². The Kier molecular flexibility index (Phi) is 4.11. The minimum absolute atomic E-state index is 0.249. The molecule has 0 aliphatic heterocycles. The molecule has 0 radical (unpaired) electrons. The van der Waals surface area contributed by atoms with Crippen LogP contribution in [-0.2, 0) is 6.54 Å². The molecule has 0 unspecified atom stereocenters. The number of hydrogen-bond acceptors (Lipinski definition) is 3. The van der Waals surface area contributed by atoms with Gasteiger partial charge in [0.05, 0.1) is 18.4 Å². The van der Waals surface area contributed by atoms with Crippen LogP contribution < -0.4 is 5.32 Å². The van der Waals surface area contributed by atoms with Crippen molar-refractivity contribution in [3.63, 3.8) is 0 Å². The maximum absolute atomic E-state index is 12.0. The van der Waals surface area contributed by atoms with E-state index in [1.54, 1.807) is 29.2 Å². The van der Waals surface area contributed by atoms with E-state index in [1.807, 2.05) is 12.1 Å². The molecule has 0 aliphatic carbocycles. The largest absolute Gasteiger partial charge is 0.444 e. The van der Waals surface area contributed by atoms with E-state index in [0.29, 0.717) is 16.9 Å². The number of nitrogens with zero attached hydrogens (tertiary/aromatic N) is 2. The first-order valence-electron chi connectivity index (χ1n) is 6.75. The molecule has 0 bridgehead atoms. The van der Waals surface area contributed by atoms with Crippen LogP contribution in [0.1, 0.15) is 21.7 Å². The standard InChI is InChI=1S/C16H14BrN3O2/c1-11-4-2-3-5-12(11)9-20-10-13(8-18-20)19-16(21)14-6-7-15(17)22-14/h2-8,10H,9H2,1H3,(H,19,21). The molecule has 0 aliphatic rings. The number of furan rings is 1. The molecule has 112 valence electrons. The highest BCUT2D eigenvalue weighted by molar-refractivity contribution is 9.10. The van der Waals surface area contributed by atoms with Gasteiger partial charge >= 0.3 is 0 Å². The van der Waals surface area contributed by atoms with Gasteiger partial charge in [0.1, 0.15) is 0 Å². The van der Waals surface area contributed by atoms with E-state index >= 15 is 0 Å². The van der Waals surface area contributed by atoms with Crippen LogP contribution in [0.2, 0.25) is 0 Å². The van der Waals surface area contributed by atoms with Gasteiger partial charge in [-0.2, -0.15) is 5.10 Å². The summed E-state index contributed by atoms with van der Waals surface area (Å²) in [5, 5.41) is 7.02. The Hall–Kier alpha value is -2.34. The Morgan fingerprint density at radius 2 is 2.14 bits per heavy atom. The Morgan fingerprint density at radius 3 is 2.86 bits per heavy atom. The highest BCUT2D eigenvalue weighted by Gasteiger charge is 2.11. The van der Waals surface area contributed by atoms with Gasteiger partial charge in [0.25, 0.3) is 5.91 Å². The maximum Gasteiger partial charge on any atom is 0.291 e. The average molecular weight is 360 g/mol. The monoisotopic (exact) mass is 359 g/mol. The molecule has 1 amide bonds. The highest BCUT2D eigenvalue weighted by Crippen LogP contribution is 2.16. The van der Waals surface area contributed by atoms with Crippen molar-refractivity contribution in [2.75, 3.05) is 5.32 Å². The molecule has 0 atom stereocenters. The first-order valence-corrected chi connectivity index (χ1v) is 7.55. The molecule has 22 heavy (non-hydrogen) atoms. The highest BCUT2D eigenvalue weighted by atomic mass is 79.9. The third-order valence-electron chi connectivity index (χ3n) is 3.28. The number of benzene rings is 1. The zero-order valence-electron chi connectivity index (χ0n) is 11.9. The Morgan fingerprint density at radius 1 is 1.32 bits per heavy atom. The molecule has 3 rings (SSSR count). The van der Waals surface area contributed by atoms with Crippen LogP contribution in [0.4, 0.5) is 5.69 Å². The summed E-state index contributed by atoms with van der Waals surface area (Å²) in [5.74, 6) is -0.0559. The molecule has 2 heterocycles. The minimum Gasteiger partial charge on any atom is -0.444 e. The summed E-state index contributed by atoms with van der Waals surface area (Å²) < 4.78 is 7.52. The van der Waals surface area contributed by atoms with E-state index in [-0.39, 0.29) is 11.7 Å². The van der Waals surface area contributed by atoms with Gasteiger partial charge in [0.2, 0.25) is 0 Å². The second-order valence-electron chi connectivity index (χ2n) is 4.91. The van der Waals surface area contributed by atoms with Crippen LogP contribution in [0.25, 0.3) is 0 Å². The number of carbonyl (C=O) groups excluding carboxylic acids is 1. The predicted molar refractivity (Wildman–Crippen MR) is 86.9 cm³/mol. The molecule has 1 N–H and O–H groups in total. The lowest BCUT2D eigenvalue weighted by Gasteiger charge is -2.05. The fourth-order valence-corrected chi connectivity index (χ4v) is 2.41. The van der Waals surface area contributed by atoms with E-state index in [0.717, 1.165) is 0 Å². The number of halogens is 1. The quantitative estimate of drug-likeness (QED) is 0.769. The number of hydrogen-bond donors (Lipinski definition) is 1. The third kappa shape index (κ3) is 3.28. The molecule has 2 aromatic heterocycles. The molecule has 1 aromatic carbocycles. The van der Waals surface area contributed by atoms with Gasteiger partial charge in [0, 0.05) is 6.20 Å². The molecule has 0 fully saturated rings. The van der Waals surface area contributed by atoms with E-state index in [2.05, 4.69) is 45.4 Å². The van der Waals surface area contributed by atoms with Gasteiger partial charge in [-0.15, -0.1) is 0 Å². The summed E-state index contributed by atoms with van der Waals surface area (Å²) in [7, 11) is 0. The Bertz CT molecular complexity index is 807. The van der Waals surface area contributed by atoms with Gasteiger partial charge < -0.3 is 9.73 Å². The van der Waals surface area contributed by atoms with Crippen molar-refractivity contribution >= 4 is 27.5 Å². The van der Waals surface area contributed by atoms with Gasteiger partial charge in [-0.1, -0.05) is 24.3 Å². The fraction of sp³-hybridized carbons (Fsp3) is 0.125. The van der Waals surface area contributed by atoms with Crippen LogP contribution in [0.3, 0.4) is 0 Å². The molecule has 6 heteroatoms. The van der Waals surface area contributed by atoms with Crippen LogP contribution in [0.5, 0.6) is 0 Å². The fourth-order valence-electron chi connectivity index (χ4n) is 2.11. The summed E-state index contributed by atoms with van der Waals surface area (Å²) in [6.45, 7) is 2.73. The zero-order chi connectivity index (χ0) is 15.5.